The van der Waals surface area contributed by atoms with Gasteiger partial charge in [0.1, 0.15) is 23.3 Å². The Kier molecular flexibility index (Phi) is 5.33. The van der Waals surface area contributed by atoms with Crippen molar-refractivity contribution in [2.24, 2.45) is 0 Å². The van der Waals surface area contributed by atoms with Crippen molar-refractivity contribution >= 4 is 35.1 Å². The highest BCUT2D eigenvalue weighted by Gasteiger charge is 2.64. The highest BCUT2D eigenvalue weighted by atomic mass is 16.6. The first-order valence-electron chi connectivity index (χ1n) is 13.8. The number of ether oxygens (including phenoxy) is 2. The van der Waals surface area contributed by atoms with Crippen molar-refractivity contribution in [1.82, 2.24) is 0 Å². The molecule has 2 N–H and O–H groups in total. The minimum atomic E-state index is -2.27. The first-order valence-corrected chi connectivity index (χ1v) is 13.8. The lowest BCUT2D eigenvalue weighted by molar-refractivity contribution is -0.150. The molecule has 3 aromatic carbocycles. The van der Waals surface area contributed by atoms with Crippen LogP contribution >= 0.6 is 0 Å². The van der Waals surface area contributed by atoms with E-state index in [2.05, 4.69) is 0 Å². The molecule has 7 rings (SSSR count). The number of carbonyl (C=O) groups excluding carboxylic acids is 4. The fraction of sp³-hybridized carbons (Fsp3) is 0.312. The first-order chi connectivity index (χ1) is 19.9. The first kappa shape index (κ1) is 26.4. The SMILES string of the molecule is CC(C)N1C(=O)C(O)(C2C(=O)Oc3cc4c(cc32)OC(=O)C4C2(O)C(=O)N(C(C)C)c3ccccc32)c2ccccc21. The van der Waals surface area contributed by atoms with Gasteiger partial charge in [0, 0.05) is 34.3 Å². The summed E-state index contributed by atoms with van der Waals surface area (Å²) in [7, 11) is 0. The molecule has 214 valence electrons. The summed E-state index contributed by atoms with van der Waals surface area (Å²) in [5, 5.41) is 24.1. The Morgan fingerprint density at radius 2 is 1.00 bits per heavy atom. The van der Waals surface area contributed by atoms with E-state index in [1.54, 1.807) is 76.2 Å². The van der Waals surface area contributed by atoms with Crippen molar-refractivity contribution in [3.05, 3.63) is 82.9 Å². The van der Waals surface area contributed by atoms with Crippen molar-refractivity contribution < 1.29 is 38.9 Å². The predicted molar refractivity (Wildman–Crippen MR) is 149 cm³/mol. The molecule has 0 fully saturated rings. The standard InChI is InChI=1S/C32H28N2O8/c1-15(2)33-21-11-7-5-9-19(21)31(39,29(33)37)25-17-13-24-18(14-23(17)41-27(25)35)26(28(36)42-24)32(40)20-10-6-8-12-22(20)34(16(3)4)30(32)38/h5-16,25-26,39-40H,1-4H3. The van der Waals surface area contributed by atoms with Crippen molar-refractivity contribution in [1.29, 1.82) is 0 Å². The summed E-state index contributed by atoms with van der Waals surface area (Å²) < 4.78 is 11.2. The molecule has 10 heteroatoms. The average Bonchev–Trinajstić information content (AvgIpc) is 3.58. The van der Waals surface area contributed by atoms with Crippen LogP contribution in [0.5, 0.6) is 11.5 Å². The molecular formula is C32H28N2O8. The largest absolute Gasteiger partial charge is 0.426 e. The van der Waals surface area contributed by atoms with Gasteiger partial charge in [-0.15, -0.1) is 0 Å². The molecule has 4 aliphatic rings. The maximum atomic E-state index is 13.8. The van der Waals surface area contributed by atoms with E-state index in [0.717, 1.165) is 0 Å². The number of nitrogens with zero attached hydrogens (tertiary/aromatic N) is 2. The molecule has 0 bridgehead atoms. The summed E-state index contributed by atoms with van der Waals surface area (Å²) in [6.07, 6.45) is 0. The monoisotopic (exact) mass is 568 g/mol. The molecule has 4 atom stereocenters. The van der Waals surface area contributed by atoms with Crippen LogP contribution in [-0.2, 0) is 30.4 Å². The summed E-state index contributed by atoms with van der Waals surface area (Å²) in [4.78, 5) is 57.3. The molecule has 0 spiro atoms. The number of fused-ring (bicyclic) bond motifs is 4. The smallest absolute Gasteiger partial charge is 0.322 e. The van der Waals surface area contributed by atoms with Crippen LogP contribution in [0.4, 0.5) is 11.4 Å². The number of aliphatic hydroxyl groups is 2. The van der Waals surface area contributed by atoms with Gasteiger partial charge in [0.2, 0.25) is 0 Å². The third-order valence-electron chi connectivity index (χ3n) is 8.76. The molecule has 4 unspecified atom stereocenters. The van der Waals surface area contributed by atoms with E-state index in [-0.39, 0.29) is 45.8 Å². The average molecular weight is 569 g/mol. The lowest BCUT2D eigenvalue weighted by Gasteiger charge is -2.29. The zero-order valence-corrected chi connectivity index (χ0v) is 23.3. The van der Waals surface area contributed by atoms with Gasteiger partial charge in [-0.2, -0.15) is 0 Å². The quantitative estimate of drug-likeness (QED) is 0.363. The van der Waals surface area contributed by atoms with Crippen molar-refractivity contribution in [2.75, 3.05) is 9.80 Å². The number of amides is 2. The van der Waals surface area contributed by atoms with Gasteiger partial charge < -0.3 is 29.5 Å². The Hall–Kier alpha value is -4.54. The van der Waals surface area contributed by atoms with Crippen molar-refractivity contribution in [3.8, 4) is 11.5 Å². The van der Waals surface area contributed by atoms with Gasteiger partial charge in [0.05, 0.1) is 11.4 Å². The lowest BCUT2D eigenvalue weighted by Crippen LogP contribution is -2.48. The Morgan fingerprint density at radius 3 is 1.36 bits per heavy atom. The van der Waals surface area contributed by atoms with E-state index in [0.29, 0.717) is 11.4 Å². The highest BCUT2D eigenvalue weighted by Crippen LogP contribution is 2.58. The van der Waals surface area contributed by atoms with Gasteiger partial charge in [-0.1, -0.05) is 36.4 Å². The van der Waals surface area contributed by atoms with E-state index in [1.807, 2.05) is 0 Å². The Morgan fingerprint density at radius 1 is 0.643 bits per heavy atom. The van der Waals surface area contributed by atoms with Gasteiger partial charge in [-0.05, 0) is 52.0 Å². The Balaban J connectivity index is 1.36. The third kappa shape index (κ3) is 3.05. The normalized spacial score (nSPS) is 27.4. The van der Waals surface area contributed by atoms with Crippen LogP contribution in [0.3, 0.4) is 0 Å². The summed E-state index contributed by atoms with van der Waals surface area (Å²) in [6.45, 7) is 7.23. The maximum Gasteiger partial charge on any atom is 0.322 e. The molecule has 0 aliphatic carbocycles. The molecule has 4 aliphatic heterocycles. The molecule has 10 nitrogen and oxygen atoms in total. The van der Waals surface area contributed by atoms with Crippen LogP contribution in [0.15, 0.2) is 60.7 Å². The van der Waals surface area contributed by atoms with E-state index in [4.69, 9.17) is 9.47 Å². The van der Waals surface area contributed by atoms with E-state index >= 15 is 0 Å². The zero-order valence-electron chi connectivity index (χ0n) is 23.3. The predicted octanol–water partition coefficient (Wildman–Crippen LogP) is 2.98. The second-order valence-electron chi connectivity index (χ2n) is 11.7. The van der Waals surface area contributed by atoms with Crippen LogP contribution in [-0.4, -0.2) is 46.0 Å². The minimum Gasteiger partial charge on any atom is -0.426 e. The van der Waals surface area contributed by atoms with Gasteiger partial charge in [-0.25, -0.2) is 0 Å². The summed E-state index contributed by atoms with van der Waals surface area (Å²) in [5.41, 5.74) is -2.69. The molecule has 0 radical (unpaired) electrons. The second kappa shape index (κ2) is 8.50. The number of hydrogen-bond acceptors (Lipinski definition) is 8. The number of benzene rings is 3. The van der Waals surface area contributed by atoms with Crippen molar-refractivity contribution in [3.63, 3.8) is 0 Å². The van der Waals surface area contributed by atoms with Crippen molar-refractivity contribution in [2.45, 2.75) is 62.8 Å². The van der Waals surface area contributed by atoms with Crippen LogP contribution in [0, 0.1) is 0 Å². The van der Waals surface area contributed by atoms with Gasteiger partial charge in [0.15, 0.2) is 11.2 Å². The maximum absolute atomic E-state index is 13.8. The van der Waals surface area contributed by atoms with Crippen LogP contribution < -0.4 is 19.3 Å². The number of rotatable bonds is 4. The van der Waals surface area contributed by atoms with Crippen LogP contribution in [0.25, 0.3) is 0 Å². The number of anilines is 2. The number of carbonyl (C=O) groups is 4. The lowest BCUT2D eigenvalue weighted by atomic mass is 9.76. The topological polar surface area (TPSA) is 134 Å². The van der Waals surface area contributed by atoms with Gasteiger partial charge in [-0.3, -0.25) is 19.2 Å². The van der Waals surface area contributed by atoms with Crippen LogP contribution in [0.2, 0.25) is 0 Å². The fourth-order valence-electron chi connectivity index (χ4n) is 7.01. The zero-order chi connectivity index (χ0) is 29.9. The molecule has 0 saturated carbocycles. The molecule has 3 aromatic rings. The molecular weight excluding hydrogens is 540 g/mol. The number of esters is 2. The third-order valence-corrected chi connectivity index (χ3v) is 8.76. The molecule has 42 heavy (non-hydrogen) atoms. The molecule has 0 saturated heterocycles. The Labute approximate surface area is 241 Å². The minimum absolute atomic E-state index is 0.0109. The second-order valence-corrected chi connectivity index (χ2v) is 11.7. The summed E-state index contributed by atoms with van der Waals surface area (Å²) in [5.74, 6) is -5.89. The highest BCUT2D eigenvalue weighted by molar-refractivity contribution is 6.13. The molecule has 4 heterocycles. The van der Waals surface area contributed by atoms with E-state index < -0.39 is 46.8 Å². The van der Waals surface area contributed by atoms with E-state index in [1.165, 1.54) is 21.9 Å². The van der Waals surface area contributed by atoms with Gasteiger partial charge in [0.25, 0.3) is 11.8 Å². The Bertz CT molecular complexity index is 1620. The molecule has 2 amide bonds. The molecule has 0 aromatic heterocycles. The van der Waals surface area contributed by atoms with Gasteiger partial charge >= 0.3 is 11.9 Å². The van der Waals surface area contributed by atoms with Crippen LogP contribution in [0.1, 0.15) is 61.8 Å². The fourth-order valence-corrected chi connectivity index (χ4v) is 7.01. The number of hydrogen-bond donors (Lipinski definition) is 2. The van der Waals surface area contributed by atoms with E-state index in [9.17, 15) is 29.4 Å². The number of para-hydroxylation sites is 2. The summed E-state index contributed by atoms with van der Waals surface area (Å²) in [6, 6.07) is 15.6. The summed E-state index contributed by atoms with van der Waals surface area (Å²) >= 11 is 0.